The largest absolute Gasteiger partial charge is 0.478 e. The summed E-state index contributed by atoms with van der Waals surface area (Å²) in [6.45, 7) is 0. The van der Waals surface area contributed by atoms with E-state index >= 15 is 0 Å². The molecule has 0 spiro atoms. The predicted octanol–water partition coefficient (Wildman–Crippen LogP) is 3.40. The van der Waals surface area contributed by atoms with Crippen molar-refractivity contribution in [2.75, 3.05) is 5.32 Å². The van der Waals surface area contributed by atoms with Gasteiger partial charge in [0.1, 0.15) is 0 Å². The Bertz CT molecular complexity index is 606. The number of hydrogen-bond donors (Lipinski definition) is 2. The van der Waals surface area contributed by atoms with Gasteiger partial charge in [0.05, 0.1) is 5.56 Å². The fraction of sp³-hybridized carbons (Fsp3) is 0. The highest BCUT2D eigenvalue weighted by molar-refractivity contribution is 9.10. The molecule has 19 heavy (non-hydrogen) atoms. The van der Waals surface area contributed by atoms with Crippen LogP contribution in [0.25, 0.3) is 0 Å². The zero-order chi connectivity index (χ0) is 13.8. The molecule has 2 aromatic carbocycles. The molecule has 2 rings (SSSR count). The van der Waals surface area contributed by atoms with E-state index in [9.17, 15) is 9.59 Å². The first-order chi connectivity index (χ1) is 9.06. The number of benzene rings is 2. The molecule has 0 saturated carbocycles. The zero-order valence-corrected chi connectivity index (χ0v) is 11.3. The lowest BCUT2D eigenvalue weighted by Crippen LogP contribution is -2.11. The van der Waals surface area contributed by atoms with Crippen LogP contribution in [-0.2, 0) is 0 Å². The number of aromatic carboxylic acids is 1. The maximum absolute atomic E-state index is 11.9. The third kappa shape index (κ3) is 3.42. The van der Waals surface area contributed by atoms with Crippen LogP contribution < -0.4 is 5.32 Å². The summed E-state index contributed by atoms with van der Waals surface area (Å²) >= 11 is 3.30. The number of carboxylic acid groups (broad SMARTS) is 1. The van der Waals surface area contributed by atoms with Crippen LogP contribution in [0.4, 0.5) is 5.69 Å². The SMILES string of the molecule is O=C(O)c1ccc(NC(=O)c2ccc(Br)cc2)cc1. The Morgan fingerprint density at radius 3 is 1.95 bits per heavy atom. The molecule has 5 heteroatoms. The minimum Gasteiger partial charge on any atom is -0.478 e. The van der Waals surface area contributed by atoms with E-state index in [0.717, 1.165) is 4.47 Å². The average molecular weight is 320 g/mol. The molecular formula is C14H10BrNO3. The lowest BCUT2D eigenvalue weighted by atomic mass is 10.2. The number of rotatable bonds is 3. The van der Waals surface area contributed by atoms with Gasteiger partial charge in [-0.25, -0.2) is 4.79 Å². The smallest absolute Gasteiger partial charge is 0.335 e. The molecule has 2 N–H and O–H groups in total. The molecule has 1 amide bonds. The van der Waals surface area contributed by atoms with Crippen LogP contribution in [0, 0.1) is 0 Å². The van der Waals surface area contributed by atoms with Gasteiger partial charge < -0.3 is 10.4 Å². The number of carbonyl (C=O) groups is 2. The molecule has 0 aliphatic heterocycles. The van der Waals surface area contributed by atoms with Gasteiger partial charge in [-0.3, -0.25) is 4.79 Å². The summed E-state index contributed by atoms with van der Waals surface area (Å²) in [6, 6.07) is 13.0. The summed E-state index contributed by atoms with van der Waals surface area (Å²) in [5, 5.41) is 11.5. The highest BCUT2D eigenvalue weighted by Gasteiger charge is 2.07. The van der Waals surface area contributed by atoms with Crippen LogP contribution in [0.5, 0.6) is 0 Å². The fourth-order valence-corrected chi connectivity index (χ4v) is 1.76. The third-order valence-corrected chi connectivity index (χ3v) is 3.02. The first kappa shape index (κ1) is 13.3. The van der Waals surface area contributed by atoms with E-state index in [1.54, 1.807) is 36.4 Å². The molecule has 0 heterocycles. The lowest BCUT2D eigenvalue weighted by Gasteiger charge is -2.05. The molecule has 0 atom stereocenters. The van der Waals surface area contributed by atoms with Crippen LogP contribution in [0.1, 0.15) is 20.7 Å². The number of carbonyl (C=O) groups excluding carboxylic acids is 1. The second kappa shape index (κ2) is 5.67. The Balaban J connectivity index is 2.10. The number of anilines is 1. The van der Waals surface area contributed by atoms with E-state index in [2.05, 4.69) is 21.2 Å². The van der Waals surface area contributed by atoms with E-state index in [1.165, 1.54) is 12.1 Å². The third-order valence-electron chi connectivity index (χ3n) is 2.50. The standard InChI is InChI=1S/C14H10BrNO3/c15-11-5-1-9(2-6-11)13(17)16-12-7-3-10(4-8-12)14(18)19/h1-8H,(H,16,17)(H,18,19). The van der Waals surface area contributed by atoms with Crippen molar-refractivity contribution in [1.29, 1.82) is 0 Å². The van der Waals surface area contributed by atoms with E-state index in [-0.39, 0.29) is 11.5 Å². The molecule has 0 saturated heterocycles. The van der Waals surface area contributed by atoms with E-state index < -0.39 is 5.97 Å². The summed E-state index contributed by atoms with van der Waals surface area (Å²) in [5.41, 5.74) is 1.27. The van der Waals surface area contributed by atoms with E-state index in [4.69, 9.17) is 5.11 Å². The van der Waals surface area contributed by atoms with Crippen LogP contribution in [0.3, 0.4) is 0 Å². The molecule has 0 bridgehead atoms. The number of halogens is 1. The van der Waals surface area contributed by atoms with Gasteiger partial charge in [0, 0.05) is 15.7 Å². The van der Waals surface area contributed by atoms with Gasteiger partial charge in [-0.05, 0) is 48.5 Å². The Kier molecular flexibility index (Phi) is 3.97. The van der Waals surface area contributed by atoms with Gasteiger partial charge in [-0.1, -0.05) is 15.9 Å². The quantitative estimate of drug-likeness (QED) is 0.911. The van der Waals surface area contributed by atoms with Gasteiger partial charge in [0.15, 0.2) is 0 Å². The molecule has 0 fully saturated rings. The number of amides is 1. The Hall–Kier alpha value is -2.14. The topological polar surface area (TPSA) is 66.4 Å². The van der Waals surface area contributed by atoms with Crippen molar-refractivity contribution in [3.8, 4) is 0 Å². The number of nitrogens with one attached hydrogen (secondary N) is 1. The van der Waals surface area contributed by atoms with Crippen molar-refractivity contribution in [3.05, 3.63) is 64.1 Å². The predicted molar refractivity (Wildman–Crippen MR) is 75.5 cm³/mol. The Labute approximate surface area is 118 Å². The zero-order valence-electron chi connectivity index (χ0n) is 9.76. The van der Waals surface area contributed by atoms with Crippen molar-refractivity contribution in [2.45, 2.75) is 0 Å². The summed E-state index contributed by atoms with van der Waals surface area (Å²) in [4.78, 5) is 22.6. The Morgan fingerprint density at radius 1 is 0.895 bits per heavy atom. The van der Waals surface area contributed by atoms with Crippen LogP contribution >= 0.6 is 15.9 Å². The summed E-state index contributed by atoms with van der Waals surface area (Å²) in [6.07, 6.45) is 0. The van der Waals surface area contributed by atoms with Crippen LogP contribution in [0.15, 0.2) is 53.0 Å². The molecule has 2 aromatic rings. The van der Waals surface area contributed by atoms with Gasteiger partial charge in [-0.15, -0.1) is 0 Å². The van der Waals surface area contributed by atoms with Crippen molar-refractivity contribution >= 4 is 33.5 Å². The molecule has 4 nitrogen and oxygen atoms in total. The minimum atomic E-state index is -0.995. The maximum Gasteiger partial charge on any atom is 0.335 e. The maximum atomic E-state index is 11.9. The second-order valence-corrected chi connectivity index (χ2v) is 4.76. The summed E-state index contributed by atoms with van der Waals surface area (Å²) < 4.78 is 0.898. The second-order valence-electron chi connectivity index (χ2n) is 3.84. The molecule has 0 radical (unpaired) electrons. The fourth-order valence-electron chi connectivity index (χ4n) is 1.50. The van der Waals surface area contributed by atoms with Crippen LogP contribution in [-0.4, -0.2) is 17.0 Å². The van der Waals surface area contributed by atoms with Crippen molar-refractivity contribution in [3.63, 3.8) is 0 Å². The molecule has 0 aromatic heterocycles. The average Bonchev–Trinajstić information content (AvgIpc) is 2.40. The first-order valence-corrected chi connectivity index (χ1v) is 6.26. The minimum absolute atomic E-state index is 0.182. The Morgan fingerprint density at radius 2 is 1.42 bits per heavy atom. The van der Waals surface area contributed by atoms with Crippen molar-refractivity contribution in [2.24, 2.45) is 0 Å². The van der Waals surface area contributed by atoms with Gasteiger partial charge in [0.2, 0.25) is 0 Å². The highest BCUT2D eigenvalue weighted by Crippen LogP contribution is 2.14. The summed E-state index contributed by atoms with van der Waals surface area (Å²) in [5.74, 6) is -1.23. The molecule has 0 aliphatic rings. The number of hydrogen-bond acceptors (Lipinski definition) is 2. The lowest BCUT2D eigenvalue weighted by molar-refractivity contribution is 0.0696. The molecular weight excluding hydrogens is 310 g/mol. The van der Waals surface area contributed by atoms with Crippen LogP contribution in [0.2, 0.25) is 0 Å². The molecule has 0 unspecified atom stereocenters. The van der Waals surface area contributed by atoms with Crippen molar-refractivity contribution in [1.82, 2.24) is 0 Å². The number of carboxylic acids is 1. The van der Waals surface area contributed by atoms with Gasteiger partial charge >= 0.3 is 5.97 Å². The van der Waals surface area contributed by atoms with Gasteiger partial charge in [-0.2, -0.15) is 0 Å². The van der Waals surface area contributed by atoms with E-state index in [1.807, 2.05) is 0 Å². The molecule has 0 aliphatic carbocycles. The first-order valence-electron chi connectivity index (χ1n) is 5.46. The molecule has 96 valence electrons. The van der Waals surface area contributed by atoms with Gasteiger partial charge in [0.25, 0.3) is 5.91 Å². The monoisotopic (exact) mass is 319 g/mol. The summed E-state index contributed by atoms with van der Waals surface area (Å²) in [7, 11) is 0. The highest BCUT2D eigenvalue weighted by atomic mass is 79.9. The van der Waals surface area contributed by atoms with Crippen molar-refractivity contribution < 1.29 is 14.7 Å². The van der Waals surface area contributed by atoms with E-state index in [0.29, 0.717) is 11.3 Å². The normalized spacial score (nSPS) is 9.95.